The van der Waals surface area contributed by atoms with E-state index >= 15 is 0 Å². The first-order chi connectivity index (χ1) is 17.9. The van der Waals surface area contributed by atoms with Crippen molar-refractivity contribution in [2.45, 2.75) is 42.3 Å². The van der Waals surface area contributed by atoms with E-state index < -0.39 is 5.25 Å². The van der Waals surface area contributed by atoms with Gasteiger partial charge in [-0.15, -0.1) is 0 Å². The molecule has 3 aliphatic rings. The number of para-hydroxylation sites is 1. The Morgan fingerprint density at radius 3 is 2.16 bits per heavy atom. The van der Waals surface area contributed by atoms with Crippen LogP contribution in [0.4, 0.5) is 20.2 Å². The predicted octanol–water partition coefficient (Wildman–Crippen LogP) is 5.42. The SMILES string of the molecule is O=C(CCN1CCN(c2ccccc2)CC1)N1CCCN(c2ccc(SC(F)(F)CC3CC3)cc2)CC1. The fourth-order valence-corrected chi connectivity index (χ4v) is 6.24. The van der Waals surface area contributed by atoms with Gasteiger partial charge < -0.3 is 14.7 Å². The fourth-order valence-electron chi connectivity index (χ4n) is 5.30. The fraction of sp³-hybridized carbons (Fsp3) is 0.552. The molecule has 0 spiro atoms. The zero-order valence-corrected chi connectivity index (χ0v) is 22.4. The minimum atomic E-state index is -2.69. The third-order valence-corrected chi connectivity index (χ3v) is 8.65. The number of carbonyl (C=O) groups is 1. The van der Waals surface area contributed by atoms with Crippen molar-refractivity contribution in [2.75, 3.05) is 68.7 Å². The van der Waals surface area contributed by atoms with Gasteiger partial charge in [0, 0.05) is 88.0 Å². The molecule has 1 aliphatic carbocycles. The van der Waals surface area contributed by atoms with Gasteiger partial charge in [0.1, 0.15) is 0 Å². The molecule has 5 rings (SSSR count). The Kier molecular flexibility index (Phi) is 8.55. The van der Waals surface area contributed by atoms with Gasteiger partial charge in [-0.1, -0.05) is 30.0 Å². The van der Waals surface area contributed by atoms with Crippen LogP contribution in [0.3, 0.4) is 0 Å². The monoisotopic (exact) mass is 528 g/mol. The summed E-state index contributed by atoms with van der Waals surface area (Å²) in [5.41, 5.74) is 2.31. The van der Waals surface area contributed by atoms with Crippen molar-refractivity contribution in [1.29, 1.82) is 0 Å². The molecule has 0 unspecified atom stereocenters. The lowest BCUT2D eigenvalue weighted by Gasteiger charge is -2.36. The number of alkyl halides is 2. The molecule has 37 heavy (non-hydrogen) atoms. The topological polar surface area (TPSA) is 30.0 Å². The standard InChI is InChI=1S/C29H38F2N4OS/c30-29(31,23-24-7-8-24)37-27-11-9-26(10-12-27)33-14-4-15-35(22-21-33)28(36)13-16-32-17-19-34(20-18-32)25-5-2-1-3-6-25/h1-3,5-6,9-12,24H,4,7-8,13-23H2. The zero-order valence-electron chi connectivity index (χ0n) is 21.5. The highest BCUT2D eigenvalue weighted by atomic mass is 32.2. The molecule has 0 aromatic heterocycles. The molecule has 3 fully saturated rings. The van der Waals surface area contributed by atoms with Crippen LogP contribution < -0.4 is 9.80 Å². The Morgan fingerprint density at radius 1 is 0.811 bits per heavy atom. The van der Waals surface area contributed by atoms with E-state index in [-0.39, 0.29) is 18.2 Å². The Bertz CT molecular complexity index is 1010. The first kappa shape index (κ1) is 26.3. The van der Waals surface area contributed by atoms with Crippen LogP contribution in [0.1, 0.15) is 32.1 Å². The maximum absolute atomic E-state index is 14.2. The normalized spacial score (nSPS) is 19.7. The summed E-state index contributed by atoms with van der Waals surface area (Å²) in [5, 5.41) is -2.69. The average Bonchev–Trinajstić information content (AvgIpc) is 3.75. The highest BCUT2D eigenvalue weighted by Crippen LogP contribution is 2.46. The van der Waals surface area contributed by atoms with Crippen LogP contribution in [0, 0.1) is 5.92 Å². The molecule has 5 nitrogen and oxygen atoms in total. The van der Waals surface area contributed by atoms with Crippen molar-refractivity contribution in [3.05, 3.63) is 54.6 Å². The van der Waals surface area contributed by atoms with Gasteiger partial charge >= 0.3 is 0 Å². The number of benzene rings is 2. The van der Waals surface area contributed by atoms with Gasteiger partial charge in [0.2, 0.25) is 5.91 Å². The van der Waals surface area contributed by atoms with E-state index in [9.17, 15) is 13.6 Å². The van der Waals surface area contributed by atoms with Gasteiger partial charge in [0.25, 0.3) is 5.25 Å². The van der Waals surface area contributed by atoms with Crippen LogP contribution in [0.2, 0.25) is 0 Å². The first-order valence-corrected chi connectivity index (χ1v) is 14.5. The third-order valence-electron chi connectivity index (χ3n) is 7.68. The predicted molar refractivity (Wildman–Crippen MR) is 148 cm³/mol. The molecule has 2 saturated heterocycles. The highest BCUT2D eigenvalue weighted by molar-refractivity contribution is 8.00. The molecule has 200 valence electrons. The molecule has 2 heterocycles. The van der Waals surface area contributed by atoms with Gasteiger partial charge in [0.05, 0.1) is 0 Å². The van der Waals surface area contributed by atoms with E-state index in [0.29, 0.717) is 29.6 Å². The van der Waals surface area contributed by atoms with Crippen molar-refractivity contribution in [2.24, 2.45) is 5.92 Å². The van der Waals surface area contributed by atoms with E-state index in [2.05, 4.69) is 39.0 Å². The summed E-state index contributed by atoms with van der Waals surface area (Å²) < 4.78 is 28.4. The molecule has 0 bridgehead atoms. The van der Waals surface area contributed by atoms with E-state index in [1.54, 1.807) is 0 Å². The number of nitrogens with zero attached hydrogens (tertiary/aromatic N) is 4. The van der Waals surface area contributed by atoms with Crippen molar-refractivity contribution < 1.29 is 13.6 Å². The summed E-state index contributed by atoms with van der Waals surface area (Å²) in [7, 11) is 0. The van der Waals surface area contributed by atoms with E-state index in [1.165, 1.54) is 5.69 Å². The van der Waals surface area contributed by atoms with Gasteiger partial charge in [-0.3, -0.25) is 9.69 Å². The second-order valence-corrected chi connectivity index (χ2v) is 11.8. The molecule has 8 heteroatoms. The third kappa shape index (κ3) is 7.60. The Hall–Kier alpha value is -2.32. The quantitative estimate of drug-likeness (QED) is 0.406. The first-order valence-electron chi connectivity index (χ1n) is 13.7. The number of carbonyl (C=O) groups excluding carboxylic acids is 1. The number of hydrogen-bond acceptors (Lipinski definition) is 5. The number of piperazine rings is 1. The maximum atomic E-state index is 14.2. The van der Waals surface area contributed by atoms with Gasteiger partial charge in [-0.05, 0) is 61.6 Å². The Labute approximate surface area is 223 Å². The average molecular weight is 529 g/mol. The summed E-state index contributed by atoms with van der Waals surface area (Å²) in [4.78, 5) is 22.7. The smallest absolute Gasteiger partial charge is 0.298 e. The highest BCUT2D eigenvalue weighted by Gasteiger charge is 2.38. The van der Waals surface area contributed by atoms with Crippen molar-refractivity contribution in [1.82, 2.24) is 9.80 Å². The second-order valence-electron chi connectivity index (χ2n) is 10.5. The van der Waals surface area contributed by atoms with Gasteiger partial charge in [-0.2, -0.15) is 8.78 Å². The summed E-state index contributed by atoms with van der Waals surface area (Å²) in [6.07, 6.45) is 3.34. The van der Waals surface area contributed by atoms with E-state index in [4.69, 9.17) is 0 Å². The minimum Gasteiger partial charge on any atom is -0.370 e. The molecular weight excluding hydrogens is 490 g/mol. The minimum absolute atomic E-state index is 0.0146. The second kappa shape index (κ2) is 12.0. The Morgan fingerprint density at radius 2 is 1.46 bits per heavy atom. The number of halogens is 2. The molecule has 1 amide bonds. The lowest BCUT2D eigenvalue weighted by atomic mass is 10.2. The van der Waals surface area contributed by atoms with Crippen LogP contribution in [-0.4, -0.2) is 79.9 Å². The van der Waals surface area contributed by atoms with Crippen molar-refractivity contribution in [3.63, 3.8) is 0 Å². The summed E-state index contributed by atoms with van der Waals surface area (Å²) in [6.45, 7) is 7.88. The van der Waals surface area contributed by atoms with Crippen LogP contribution >= 0.6 is 11.8 Å². The summed E-state index contributed by atoms with van der Waals surface area (Å²) >= 11 is 0.683. The van der Waals surface area contributed by atoms with E-state index in [0.717, 1.165) is 77.3 Å². The molecular formula is C29H38F2N4OS. The van der Waals surface area contributed by atoms with Gasteiger partial charge in [-0.25, -0.2) is 0 Å². The van der Waals surface area contributed by atoms with Crippen molar-refractivity contribution >= 4 is 29.0 Å². The van der Waals surface area contributed by atoms with Crippen LogP contribution in [0.5, 0.6) is 0 Å². The molecule has 2 aromatic carbocycles. The van der Waals surface area contributed by atoms with Crippen LogP contribution in [0.15, 0.2) is 59.5 Å². The zero-order chi connectivity index (χ0) is 25.7. The van der Waals surface area contributed by atoms with Gasteiger partial charge in [0.15, 0.2) is 0 Å². The number of amides is 1. The Balaban J connectivity index is 1.04. The molecule has 1 saturated carbocycles. The van der Waals surface area contributed by atoms with Crippen LogP contribution in [0.25, 0.3) is 0 Å². The maximum Gasteiger partial charge on any atom is 0.298 e. The number of anilines is 2. The molecule has 2 aromatic rings. The number of rotatable bonds is 9. The number of hydrogen-bond donors (Lipinski definition) is 0. The summed E-state index contributed by atoms with van der Waals surface area (Å²) in [6, 6.07) is 18.0. The molecule has 2 aliphatic heterocycles. The molecule has 0 radical (unpaired) electrons. The molecule has 0 atom stereocenters. The van der Waals surface area contributed by atoms with E-state index in [1.807, 2.05) is 35.2 Å². The lowest BCUT2D eigenvalue weighted by Crippen LogP contribution is -2.47. The number of thioether (sulfide) groups is 1. The van der Waals surface area contributed by atoms with Crippen LogP contribution in [-0.2, 0) is 4.79 Å². The van der Waals surface area contributed by atoms with Crippen molar-refractivity contribution in [3.8, 4) is 0 Å². The summed E-state index contributed by atoms with van der Waals surface area (Å²) in [5.74, 6) is 0.436. The largest absolute Gasteiger partial charge is 0.370 e. The lowest BCUT2D eigenvalue weighted by molar-refractivity contribution is -0.131. The molecule has 0 N–H and O–H groups in total.